The highest BCUT2D eigenvalue weighted by Gasteiger charge is 2.22. The van der Waals surface area contributed by atoms with Gasteiger partial charge in [0, 0.05) is 30.4 Å². The van der Waals surface area contributed by atoms with Gasteiger partial charge in [0.1, 0.15) is 10.8 Å². The first kappa shape index (κ1) is 22.9. The summed E-state index contributed by atoms with van der Waals surface area (Å²) in [7, 11) is 0. The lowest BCUT2D eigenvalue weighted by Crippen LogP contribution is -2.38. The molecular formula is C24H30N4O2S2. The SMILES string of the molecule is CCOc1ccccc1-c1nc(CC(=O)Nc2nc(CN3CC(C)CC(C)C3)cs2)cs1. The number of nitrogens with zero attached hydrogens (tertiary/aromatic N) is 3. The zero-order valence-electron chi connectivity index (χ0n) is 18.8. The maximum atomic E-state index is 12.6. The zero-order chi connectivity index (χ0) is 22.5. The third-order valence-electron chi connectivity index (χ3n) is 5.44. The zero-order valence-corrected chi connectivity index (χ0v) is 20.5. The summed E-state index contributed by atoms with van der Waals surface area (Å²) in [4.78, 5) is 24.3. The average Bonchev–Trinajstić information content (AvgIpc) is 3.37. The second-order valence-corrected chi connectivity index (χ2v) is 10.3. The summed E-state index contributed by atoms with van der Waals surface area (Å²) in [5.41, 5.74) is 2.73. The maximum Gasteiger partial charge on any atom is 0.232 e. The molecule has 32 heavy (non-hydrogen) atoms. The van der Waals surface area contributed by atoms with Crippen LogP contribution in [0.5, 0.6) is 5.75 Å². The molecule has 0 spiro atoms. The van der Waals surface area contributed by atoms with Crippen LogP contribution in [-0.2, 0) is 17.8 Å². The number of hydrogen-bond donors (Lipinski definition) is 1. The maximum absolute atomic E-state index is 12.6. The van der Waals surface area contributed by atoms with E-state index in [1.54, 1.807) is 0 Å². The van der Waals surface area contributed by atoms with Crippen LogP contribution in [0.1, 0.15) is 38.6 Å². The topological polar surface area (TPSA) is 67.3 Å². The summed E-state index contributed by atoms with van der Waals surface area (Å²) >= 11 is 3.01. The lowest BCUT2D eigenvalue weighted by atomic mass is 9.92. The van der Waals surface area contributed by atoms with Crippen LogP contribution in [0.3, 0.4) is 0 Å². The van der Waals surface area contributed by atoms with Gasteiger partial charge in [0.15, 0.2) is 5.13 Å². The molecule has 1 saturated heterocycles. The van der Waals surface area contributed by atoms with E-state index in [9.17, 15) is 4.79 Å². The van der Waals surface area contributed by atoms with Gasteiger partial charge in [-0.15, -0.1) is 22.7 Å². The number of anilines is 1. The molecule has 0 radical (unpaired) electrons. The monoisotopic (exact) mass is 470 g/mol. The summed E-state index contributed by atoms with van der Waals surface area (Å²) in [5.74, 6) is 2.16. The van der Waals surface area contributed by atoms with Gasteiger partial charge in [-0.2, -0.15) is 0 Å². The second-order valence-electron chi connectivity index (χ2n) is 8.58. The number of piperidine rings is 1. The Morgan fingerprint density at radius 2 is 1.88 bits per heavy atom. The molecule has 0 saturated carbocycles. The largest absolute Gasteiger partial charge is 0.493 e. The molecule has 3 aromatic rings. The minimum atomic E-state index is -0.0962. The summed E-state index contributed by atoms with van der Waals surface area (Å²) in [5, 5.41) is 8.43. The van der Waals surface area contributed by atoms with Crippen LogP contribution in [0.15, 0.2) is 35.0 Å². The highest BCUT2D eigenvalue weighted by molar-refractivity contribution is 7.14. The van der Waals surface area contributed by atoms with E-state index in [4.69, 9.17) is 4.74 Å². The molecule has 1 amide bonds. The van der Waals surface area contributed by atoms with Gasteiger partial charge in [-0.1, -0.05) is 26.0 Å². The van der Waals surface area contributed by atoms with Crippen molar-refractivity contribution < 1.29 is 9.53 Å². The molecule has 0 bridgehead atoms. The Bertz CT molecular complexity index is 1040. The second kappa shape index (κ2) is 10.6. The van der Waals surface area contributed by atoms with Gasteiger partial charge in [-0.3, -0.25) is 9.69 Å². The quantitative estimate of drug-likeness (QED) is 0.482. The molecular weight excluding hydrogens is 440 g/mol. The number of ether oxygens (including phenoxy) is 1. The van der Waals surface area contributed by atoms with Gasteiger partial charge in [0.05, 0.1) is 30.0 Å². The molecule has 0 aliphatic carbocycles. The molecule has 2 atom stereocenters. The number of benzene rings is 1. The molecule has 2 aromatic heterocycles. The van der Waals surface area contributed by atoms with Crippen molar-refractivity contribution >= 4 is 33.7 Å². The van der Waals surface area contributed by atoms with E-state index in [2.05, 4.69) is 34.0 Å². The van der Waals surface area contributed by atoms with Gasteiger partial charge in [0.25, 0.3) is 0 Å². The van der Waals surface area contributed by atoms with Gasteiger partial charge in [-0.05, 0) is 37.3 Å². The number of amides is 1. The van der Waals surface area contributed by atoms with E-state index in [1.807, 2.05) is 41.9 Å². The number of carbonyl (C=O) groups is 1. The Morgan fingerprint density at radius 3 is 2.66 bits per heavy atom. The molecule has 6 nitrogen and oxygen atoms in total. The molecule has 1 aliphatic heterocycles. The summed E-state index contributed by atoms with van der Waals surface area (Å²) in [6, 6.07) is 7.86. The van der Waals surface area contributed by atoms with Crippen molar-refractivity contribution in [2.45, 2.75) is 40.2 Å². The Balaban J connectivity index is 1.33. The van der Waals surface area contributed by atoms with E-state index in [0.717, 1.165) is 59.2 Å². The Morgan fingerprint density at radius 1 is 1.12 bits per heavy atom. The number of hydrogen-bond acceptors (Lipinski definition) is 7. The highest BCUT2D eigenvalue weighted by atomic mass is 32.1. The van der Waals surface area contributed by atoms with Crippen molar-refractivity contribution in [2.75, 3.05) is 25.0 Å². The standard InChI is InChI=1S/C24H30N4O2S2/c1-4-30-21-8-6-5-7-20(21)23-25-18(14-31-23)10-22(29)27-24-26-19(15-32-24)13-28-11-16(2)9-17(3)12-28/h5-8,14-17H,4,9-13H2,1-3H3,(H,26,27,29). The lowest BCUT2D eigenvalue weighted by Gasteiger charge is -2.34. The van der Waals surface area contributed by atoms with Crippen LogP contribution >= 0.6 is 22.7 Å². The first-order valence-electron chi connectivity index (χ1n) is 11.1. The molecule has 1 aromatic carbocycles. The van der Waals surface area contributed by atoms with E-state index in [0.29, 0.717) is 11.7 Å². The Hall–Kier alpha value is -2.29. The summed E-state index contributed by atoms with van der Waals surface area (Å²) in [6.07, 6.45) is 1.52. The Labute approximate surface area is 197 Å². The number of thiazole rings is 2. The number of carbonyl (C=O) groups excluding carboxylic acids is 1. The number of para-hydroxylation sites is 1. The third-order valence-corrected chi connectivity index (χ3v) is 7.17. The van der Waals surface area contributed by atoms with E-state index in [1.165, 1.54) is 29.1 Å². The molecule has 3 heterocycles. The van der Waals surface area contributed by atoms with Crippen LogP contribution in [0, 0.1) is 11.8 Å². The molecule has 4 rings (SSSR count). The van der Waals surface area contributed by atoms with Crippen LogP contribution in [0.4, 0.5) is 5.13 Å². The fourth-order valence-corrected chi connectivity index (χ4v) is 5.92. The molecule has 1 fully saturated rings. The van der Waals surface area contributed by atoms with Gasteiger partial charge in [-0.25, -0.2) is 9.97 Å². The van der Waals surface area contributed by atoms with Crippen molar-refractivity contribution in [3.8, 4) is 16.3 Å². The minimum absolute atomic E-state index is 0.0962. The first-order chi connectivity index (χ1) is 15.5. The van der Waals surface area contributed by atoms with E-state index < -0.39 is 0 Å². The normalized spacial score (nSPS) is 19.1. The predicted octanol–water partition coefficient (Wildman–Crippen LogP) is 5.32. The Kier molecular flexibility index (Phi) is 7.55. The van der Waals surface area contributed by atoms with Crippen molar-refractivity contribution in [1.29, 1.82) is 0 Å². The van der Waals surface area contributed by atoms with E-state index >= 15 is 0 Å². The minimum Gasteiger partial charge on any atom is -0.493 e. The molecule has 1 aliphatic rings. The lowest BCUT2D eigenvalue weighted by molar-refractivity contribution is -0.115. The predicted molar refractivity (Wildman–Crippen MR) is 131 cm³/mol. The van der Waals surface area contributed by atoms with Crippen LogP contribution < -0.4 is 10.1 Å². The fourth-order valence-electron chi connectivity index (χ4n) is 4.35. The molecule has 2 unspecified atom stereocenters. The van der Waals surface area contributed by atoms with Gasteiger partial charge >= 0.3 is 0 Å². The highest BCUT2D eigenvalue weighted by Crippen LogP contribution is 2.32. The molecule has 170 valence electrons. The average molecular weight is 471 g/mol. The van der Waals surface area contributed by atoms with E-state index in [-0.39, 0.29) is 12.3 Å². The summed E-state index contributed by atoms with van der Waals surface area (Å²) < 4.78 is 5.71. The number of nitrogens with one attached hydrogen (secondary N) is 1. The van der Waals surface area contributed by atoms with Crippen LogP contribution in [0.25, 0.3) is 10.6 Å². The van der Waals surface area contributed by atoms with Crippen molar-refractivity contribution in [1.82, 2.24) is 14.9 Å². The molecule has 1 N–H and O–H groups in total. The number of rotatable bonds is 8. The first-order valence-corrected chi connectivity index (χ1v) is 12.9. The summed E-state index contributed by atoms with van der Waals surface area (Å²) in [6.45, 7) is 10.3. The van der Waals surface area contributed by atoms with Crippen LogP contribution in [0.2, 0.25) is 0 Å². The van der Waals surface area contributed by atoms with Crippen LogP contribution in [-0.4, -0.2) is 40.5 Å². The number of likely N-dealkylation sites (tertiary alicyclic amines) is 1. The molecule has 8 heteroatoms. The van der Waals surface area contributed by atoms with Crippen molar-refractivity contribution in [3.05, 3.63) is 46.4 Å². The van der Waals surface area contributed by atoms with Crippen molar-refractivity contribution in [2.24, 2.45) is 11.8 Å². The van der Waals surface area contributed by atoms with Crippen molar-refractivity contribution in [3.63, 3.8) is 0 Å². The third kappa shape index (κ3) is 5.94. The number of aromatic nitrogens is 2. The fraction of sp³-hybridized carbons (Fsp3) is 0.458. The smallest absolute Gasteiger partial charge is 0.232 e. The van der Waals surface area contributed by atoms with Gasteiger partial charge in [0.2, 0.25) is 5.91 Å². The van der Waals surface area contributed by atoms with Gasteiger partial charge < -0.3 is 10.1 Å².